The van der Waals surface area contributed by atoms with Crippen LogP contribution in [-0.4, -0.2) is 30.4 Å². The van der Waals surface area contributed by atoms with E-state index in [1.807, 2.05) is 0 Å². The maximum Gasteiger partial charge on any atom is 0.309 e. The van der Waals surface area contributed by atoms with Gasteiger partial charge in [-0.05, 0) is 93.1 Å². The minimum Gasteiger partial charge on any atom is -0.469 e. The summed E-state index contributed by atoms with van der Waals surface area (Å²) in [4.78, 5) is 49.4. The number of ketones is 3. The maximum absolute atomic E-state index is 12.5. The summed E-state index contributed by atoms with van der Waals surface area (Å²) in [5, 5.41) is 0. The van der Waals surface area contributed by atoms with Crippen LogP contribution in [-0.2, 0) is 23.9 Å². The number of methoxy groups -OCH3 is 1. The van der Waals surface area contributed by atoms with Gasteiger partial charge in [0.1, 0.15) is 17.3 Å². The molecule has 10 unspecified atom stereocenters. The number of ether oxygens (including phenoxy) is 1. The third kappa shape index (κ3) is 3.41. The molecule has 0 amide bonds. The lowest BCUT2D eigenvalue weighted by Gasteiger charge is -2.34. The molecule has 5 heteroatoms. The molecule has 0 spiro atoms. The summed E-state index contributed by atoms with van der Waals surface area (Å²) in [5.41, 5.74) is 2.49. The Hall–Kier alpha value is -2.30. The van der Waals surface area contributed by atoms with Crippen LogP contribution in [0.15, 0.2) is 24.3 Å². The van der Waals surface area contributed by atoms with Crippen LogP contribution in [0.4, 0.5) is 0 Å². The lowest BCUT2D eigenvalue weighted by Crippen LogP contribution is -2.37. The number of Topliss-reactive ketones (excluding diaryl/α,β-unsaturated/α-hetero) is 3. The Kier molecular flexibility index (Phi) is 5.57. The minimum absolute atomic E-state index is 0.0958. The van der Waals surface area contributed by atoms with Crippen LogP contribution in [0.5, 0.6) is 0 Å². The summed E-state index contributed by atoms with van der Waals surface area (Å²) in [6, 6.07) is 8.77. The van der Waals surface area contributed by atoms with Crippen LogP contribution < -0.4 is 0 Å². The van der Waals surface area contributed by atoms with Crippen LogP contribution in [0, 0.1) is 47.3 Å². The van der Waals surface area contributed by atoms with Crippen LogP contribution in [0.3, 0.4) is 0 Å². The summed E-state index contributed by atoms with van der Waals surface area (Å²) in [7, 11) is 1.41. The highest BCUT2D eigenvalue weighted by Crippen LogP contribution is 2.61. The summed E-state index contributed by atoms with van der Waals surface area (Å²) < 4.78 is 5.08. The number of rotatable bonds is 6. The molecule has 4 bridgehead atoms. The van der Waals surface area contributed by atoms with Crippen molar-refractivity contribution in [2.24, 2.45) is 47.3 Å². The molecule has 4 fully saturated rings. The normalized spacial score (nSPS) is 40.7. The number of hydrogen-bond acceptors (Lipinski definition) is 5. The van der Waals surface area contributed by atoms with Gasteiger partial charge in [0, 0.05) is 17.8 Å². The summed E-state index contributed by atoms with van der Waals surface area (Å²) in [5.74, 6) is 0.998. The highest BCUT2D eigenvalue weighted by molar-refractivity contribution is 5.89. The van der Waals surface area contributed by atoms with Crippen molar-refractivity contribution < 1.29 is 23.9 Å². The van der Waals surface area contributed by atoms with E-state index in [9.17, 15) is 19.2 Å². The number of benzene rings is 1. The molecule has 176 valence electrons. The van der Waals surface area contributed by atoms with Gasteiger partial charge in [-0.15, -0.1) is 0 Å². The Morgan fingerprint density at radius 1 is 0.636 bits per heavy atom. The first-order chi connectivity index (χ1) is 15.7. The third-order valence-electron chi connectivity index (χ3n) is 9.68. The Morgan fingerprint density at radius 2 is 1.03 bits per heavy atom. The van der Waals surface area contributed by atoms with Gasteiger partial charge in [-0.3, -0.25) is 19.2 Å². The molecule has 0 aromatic heterocycles. The number of carbonyl (C=O) groups excluding carboxylic acids is 4. The fraction of sp³-hybridized carbons (Fsp3) is 0.643. The summed E-state index contributed by atoms with van der Waals surface area (Å²) >= 11 is 0. The van der Waals surface area contributed by atoms with Crippen molar-refractivity contribution in [2.45, 2.75) is 58.3 Å². The zero-order chi connectivity index (χ0) is 23.6. The third-order valence-corrected chi connectivity index (χ3v) is 9.68. The highest BCUT2D eigenvalue weighted by Gasteiger charge is 2.58. The largest absolute Gasteiger partial charge is 0.469 e. The van der Waals surface area contributed by atoms with Gasteiger partial charge in [-0.25, -0.2) is 0 Å². The fourth-order valence-corrected chi connectivity index (χ4v) is 8.66. The van der Waals surface area contributed by atoms with Crippen LogP contribution in [0.25, 0.3) is 0 Å². The molecule has 0 N–H and O–H groups in total. The van der Waals surface area contributed by atoms with Crippen molar-refractivity contribution in [2.75, 3.05) is 7.11 Å². The van der Waals surface area contributed by atoms with E-state index < -0.39 is 0 Å². The number of esters is 1. The molecule has 0 aliphatic heterocycles. The second-order valence-electron chi connectivity index (χ2n) is 11.1. The van der Waals surface area contributed by atoms with E-state index in [1.165, 1.54) is 18.2 Å². The second-order valence-corrected chi connectivity index (χ2v) is 11.1. The molecule has 5 rings (SSSR count). The molecule has 0 heterocycles. The van der Waals surface area contributed by atoms with E-state index in [0.717, 1.165) is 25.7 Å². The minimum atomic E-state index is -0.332. The van der Waals surface area contributed by atoms with Crippen molar-refractivity contribution in [3.63, 3.8) is 0 Å². The predicted molar refractivity (Wildman–Crippen MR) is 122 cm³/mol. The Labute approximate surface area is 195 Å². The van der Waals surface area contributed by atoms with Gasteiger partial charge in [-0.2, -0.15) is 0 Å². The lowest BCUT2D eigenvalue weighted by atomic mass is 9.68. The van der Waals surface area contributed by atoms with Crippen molar-refractivity contribution in [3.8, 4) is 0 Å². The topological polar surface area (TPSA) is 77.5 Å². The Bertz CT molecular complexity index is 994. The molecule has 33 heavy (non-hydrogen) atoms. The Balaban J connectivity index is 1.35. The van der Waals surface area contributed by atoms with Crippen molar-refractivity contribution >= 4 is 23.3 Å². The highest BCUT2D eigenvalue weighted by atomic mass is 16.5. The average molecular weight is 451 g/mol. The summed E-state index contributed by atoms with van der Waals surface area (Å²) in [6.45, 7) is 4.88. The molecule has 4 saturated carbocycles. The van der Waals surface area contributed by atoms with Crippen molar-refractivity contribution in [1.82, 2.24) is 0 Å². The first-order valence-electron chi connectivity index (χ1n) is 12.4. The number of carbonyl (C=O) groups is 4. The number of fused-ring (bicyclic) bond motifs is 4. The molecular weight excluding hydrogens is 416 g/mol. The first kappa shape index (κ1) is 22.5. The zero-order valence-corrected chi connectivity index (χ0v) is 20.0. The van der Waals surface area contributed by atoms with E-state index >= 15 is 0 Å². The lowest BCUT2D eigenvalue weighted by molar-refractivity contribution is -0.152. The standard InChI is InChI=1S/C28H34O5/c1-13(29)24-18-9-20(22(11-18)26(24)15(3)31)16-5-7-17(8-6-16)21-10-19-12-23(21)27(28(32)33-4)25(19)14(2)30/h5-8,18-27H,9-12H2,1-4H3. The quantitative estimate of drug-likeness (QED) is 0.603. The van der Waals surface area contributed by atoms with Gasteiger partial charge in [0.2, 0.25) is 0 Å². The molecule has 1 aromatic rings. The fourth-order valence-electron chi connectivity index (χ4n) is 8.66. The Morgan fingerprint density at radius 3 is 1.42 bits per heavy atom. The predicted octanol–water partition coefficient (Wildman–Crippen LogP) is 4.34. The molecule has 10 atom stereocenters. The molecule has 5 nitrogen and oxygen atoms in total. The maximum atomic E-state index is 12.5. The SMILES string of the molecule is COC(=O)C1C2CC(CC2c2ccc(C3CC4CC3C(C(C)=O)C4C(C)=O)cc2)C1C(C)=O. The van der Waals surface area contributed by atoms with E-state index in [4.69, 9.17) is 4.74 Å². The van der Waals surface area contributed by atoms with E-state index in [-0.39, 0.29) is 70.7 Å². The van der Waals surface area contributed by atoms with Crippen LogP contribution in [0.1, 0.15) is 69.4 Å². The van der Waals surface area contributed by atoms with E-state index in [1.54, 1.807) is 20.8 Å². The average Bonchev–Trinajstić information content (AvgIpc) is 3.55. The van der Waals surface area contributed by atoms with E-state index in [2.05, 4.69) is 24.3 Å². The monoisotopic (exact) mass is 450 g/mol. The molecule has 0 saturated heterocycles. The number of hydrogen-bond donors (Lipinski definition) is 0. The molecule has 4 aliphatic rings. The second kappa shape index (κ2) is 8.18. The first-order valence-corrected chi connectivity index (χ1v) is 12.4. The van der Waals surface area contributed by atoms with Crippen LogP contribution in [0.2, 0.25) is 0 Å². The summed E-state index contributed by atoms with van der Waals surface area (Å²) in [6.07, 6.45) is 3.82. The molecular formula is C28H34O5. The van der Waals surface area contributed by atoms with Gasteiger partial charge in [0.05, 0.1) is 13.0 Å². The van der Waals surface area contributed by atoms with Gasteiger partial charge in [0.25, 0.3) is 0 Å². The van der Waals surface area contributed by atoms with Crippen molar-refractivity contribution in [3.05, 3.63) is 35.4 Å². The van der Waals surface area contributed by atoms with Gasteiger partial charge in [0.15, 0.2) is 0 Å². The van der Waals surface area contributed by atoms with Crippen LogP contribution >= 0.6 is 0 Å². The smallest absolute Gasteiger partial charge is 0.309 e. The van der Waals surface area contributed by atoms with Gasteiger partial charge in [-0.1, -0.05) is 24.3 Å². The molecule has 0 radical (unpaired) electrons. The molecule has 1 aromatic carbocycles. The van der Waals surface area contributed by atoms with Gasteiger partial charge >= 0.3 is 5.97 Å². The van der Waals surface area contributed by atoms with Crippen molar-refractivity contribution in [1.29, 1.82) is 0 Å². The van der Waals surface area contributed by atoms with Gasteiger partial charge < -0.3 is 4.74 Å². The zero-order valence-electron chi connectivity index (χ0n) is 20.0. The molecule has 4 aliphatic carbocycles. The van der Waals surface area contributed by atoms with E-state index in [0.29, 0.717) is 11.8 Å².